The molecule has 0 aliphatic heterocycles. The van der Waals surface area contributed by atoms with Gasteiger partial charge in [-0.2, -0.15) is 0 Å². The number of rotatable bonds is 6. The van der Waals surface area contributed by atoms with Crippen molar-refractivity contribution in [3.63, 3.8) is 0 Å². The maximum Gasteiger partial charge on any atom is 0.408 e. The number of nitrogens with one attached hydrogen (secondary N) is 2. The van der Waals surface area contributed by atoms with E-state index in [9.17, 15) is 23.0 Å². The van der Waals surface area contributed by atoms with Gasteiger partial charge in [-0.1, -0.05) is 0 Å². The summed E-state index contributed by atoms with van der Waals surface area (Å²) in [4.78, 5) is 34.4. The molecule has 1 unspecified atom stereocenters. The summed E-state index contributed by atoms with van der Waals surface area (Å²) < 4.78 is 32.4. The van der Waals surface area contributed by atoms with Crippen molar-refractivity contribution < 1.29 is 27.7 Å². The van der Waals surface area contributed by atoms with Crippen LogP contribution in [0.5, 0.6) is 0 Å². The lowest BCUT2D eigenvalue weighted by Crippen LogP contribution is -2.52. The van der Waals surface area contributed by atoms with Crippen LogP contribution < -0.4 is 10.0 Å². The molecule has 2 N–H and O–H groups in total. The summed E-state index contributed by atoms with van der Waals surface area (Å²) in [6, 6.07) is -1.32. The highest BCUT2D eigenvalue weighted by molar-refractivity contribution is 8.13. The number of thiol groups is 1. The molecule has 0 aromatic heterocycles. The Labute approximate surface area is 130 Å². The summed E-state index contributed by atoms with van der Waals surface area (Å²) in [5, 5.41) is 2.23. The zero-order valence-corrected chi connectivity index (χ0v) is 14.6. The number of carbonyl (C=O) groups excluding carboxylic acids is 3. The molecule has 130 valence electrons. The van der Waals surface area contributed by atoms with Gasteiger partial charge in [-0.3, -0.25) is 18.5 Å². The summed E-state index contributed by atoms with van der Waals surface area (Å²) in [6.45, 7) is 7.36. The fourth-order valence-corrected chi connectivity index (χ4v) is 2.11. The number of alkyl halides is 1. The zero-order valence-electron chi connectivity index (χ0n) is 13.7. The molecule has 0 rings (SSSR count). The van der Waals surface area contributed by atoms with E-state index in [0.717, 1.165) is 6.26 Å². The van der Waals surface area contributed by atoms with Crippen molar-refractivity contribution in [2.45, 2.75) is 58.4 Å². The summed E-state index contributed by atoms with van der Waals surface area (Å²) >= 11 is 0. The molecule has 0 saturated heterocycles. The van der Waals surface area contributed by atoms with Crippen molar-refractivity contribution in [3.05, 3.63) is 0 Å². The van der Waals surface area contributed by atoms with Crippen LogP contribution in [-0.4, -0.2) is 45.4 Å². The Morgan fingerprint density at radius 1 is 1.27 bits per heavy atom. The predicted molar refractivity (Wildman–Crippen MR) is 83.3 cm³/mol. The first-order chi connectivity index (χ1) is 9.65. The van der Waals surface area contributed by atoms with Crippen LogP contribution in [0.25, 0.3) is 0 Å². The first-order valence-electron chi connectivity index (χ1n) is 6.69. The van der Waals surface area contributed by atoms with Gasteiger partial charge in [0.15, 0.2) is 5.62 Å². The molecule has 0 aliphatic rings. The van der Waals surface area contributed by atoms with E-state index in [-0.39, 0.29) is 12.0 Å². The Kier molecular flexibility index (Phi) is 6.68. The van der Waals surface area contributed by atoms with E-state index in [0.29, 0.717) is 0 Å². The number of carbonyl (C=O) groups is 3. The second-order valence-corrected chi connectivity index (χ2v) is 9.11. The van der Waals surface area contributed by atoms with E-state index >= 15 is 0 Å². The maximum absolute atomic E-state index is 13.8. The van der Waals surface area contributed by atoms with E-state index in [2.05, 4.69) is 5.32 Å². The quantitative estimate of drug-likeness (QED) is 0.492. The van der Waals surface area contributed by atoms with Gasteiger partial charge in [-0.15, -0.1) is 0 Å². The fraction of sp³-hybridized carbons (Fsp3) is 0.769. The summed E-state index contributed by atoms with van der Waals surface area (Å²) in [7, 11) is -3.53. The van der Waals surface area contributed by atoms with E-state index in [1.165, 1.54) is 13.8 Å². The van der Waals surface area contributed by atoms with Gasteiger partial charge in [-0.25, -0.2) is 9.18 Å². The minimum Gasteiger partial charge on any atom is -0.444 e. The molecular formula is C13H25FN2O5S. The van der Waals surface area contributed by atoms with Gasteiger partial charge in [0.05, 0.1) is 0 Å². The first kappa shape index (κ1) is 20.5. The molecule has 0 saturated carbocycles. The van der Waals surface area contributed by atoms with Gasteiger partial charge in [0.25, 0.3) is 5.91 Å². The van der Waals surface area contributed by atoms with Crippen molar-refractivity contribution in [1.29, 1.82) is 0 Å². The number of ether oxygens (including phenoxy) is 1. The lowest BCUT2D eigenvalue weighted by Gasteiger charge is -2.27. The summed E-state index contributed by atoms with van der Waals surface area (Å²) in [5.74, 6) is -0.908. The molecule has 1 atom stereocenters. The molecule has 0 aliphatic carbocycles. The topological polar surface area (TPSA) is 102 Å². The molecule has 0 heterocycles. The molecule has 7 nitrogen and oxygen atoms in total. The minimum atomic E-state index is -3.53. The molecular weight excluding hydrogens is 315 g/mol. The second-order valence-electron chi connectivity index (χ2n) is 6.69. The second kappa shape index (κ2) is 7.17. The third-order valence-electron chi connectivity index (χ3n) is 2.23. The van der Waals surface area contributed by atoms with E-state index in [1.54, 1.807) is 20.8 Å². The number of halogens is 1. The highest BCUT2D eigenvalue weighted by Gasteiger charge is 2.31. The Balaban J connectivity index is 5.06. The minimum absolute atomic E-state index is 0.121. The van der Waals surface area contributed by atoms with Crippen LogP contribution in [0.15, 0.2) is 0 Å². The normalized spacial score (nSPS) is 14.7. The Morgan fingerprint density at radius 2 is 1.77 bits per heavy atom. The van der Waals surface area contributed by atoms with Crippen LogP contribution in [0.1, 0.15) is 41.0 Å². The Morgan fingerprint density at radius 3 is 2.14 bits per heavy atom. The summed E-state index contributed by atoms with van der Waals surface area (Å²) in [6.07, 6.45) is -0.214. The van der Waals surface area contributed by atoms with Crippen molar-refractivity contribution in [1.82, 2.24) is 10.0 Å². The molecule has 0 spiro atoms. The molecule has 0 radical (unpaired) electrons. The average molecular weight is 340 g/mol. The first-order valence-corrected chi connectivity index (χ1v) is 8.92. The standard InChI is InChI=1S/C13H25FN2O5S/c1-12(2,3)21-11(19)15-9(7-13(4,5)14)10(18)16-22(6,20)8-17/h8-9,22H,7H2,1-6H3,(H,15,19)(H,16,18,20). The average Bonchev–Trinajstić information content (AvgIpc) is 2.23. The highest BCUT2D eigenvalue weighted by atomic mass is 32.3. The number of hydrogen-bond donors (Lipinski definition) is 3. The molecule has 0 aromatic rings. The molecule has 0 bridgehead atoms. The fourth-order valence-electron chi connectivity index (χ4n) is 1.47. The number of alkyl carbamates (subject to hydrolysis) is 1. The van der Waals surface area contributed by atoms with E-state index < -0.39 is 39.4 Å². The smallest absolute Gasteiger partial charge is 0.408 e. The van der Waals surface area contributed by atoms with E-state index in [4.69, 9.17) is 4.74 Å². The highest BCUT2D eigenvalue weighted by Crippen LogP contribution is 2.17. The number of amides is 2. The maximum atomic E-state index is 13.8. The molecule has 0 aromatic carbocycles. The van der Waals surface area contributed by atoms with Crippen molar-refractivity contribution in [2.24, 2.45) is 0 Å². The van der Waals surface area contributed by atoms with Crippen LogP contribution in [0.2, 0.25) is 0 Å². The van der Waals surface area contributed by atoms with Crippen LogP contribution >= 0.6 is 0 Å². The summed E-state index contributed by atoms with van der Waals surface area (Å²) in [5.41, 5.74) is -2.44. The number of hydrogen-bond acceptors (Lipinski definition) is 5. The Bertz CT molecular complexity index is 482. The molecule has 2 amide bonds. The van der Waals surface area contributed by atoms with Crippen LogP contribution in [-0.2, 0) is 24.4 Å². The third kappa shape index (κ3) is 9.43. The largest absolute Gasteiger partial charge is 0.444 e. The molecule has 9 heteroatoms. The van der Waals surface area contributed by atoms with Gasteiger partial charge in [0.2, 0.25) is 0 Å². The lowest BCUT2D eigenvalue weighted by molar-refractivity contribution is -0.122. The van der Waals surface area contributed by atoms with Crippen LogP contribution in [0, 0.1) is 0 Å². The van der Waals surface area contributed by atoms with Gasteiger partial charge < -0.3 is 10.1 Å². The van der Waals surface area contributed by atoms with Crippen LogP contribution in [0.3, 0.4) is 0 Å². The van der Waals surface area contributed by atoms with Crippen molar-refractivity contribution >= 4 is 27.7 Å². The third-order valence-corrected chi connectivity index (χ3v) is 3.30. The van der Waals surface area contributed by atoms with Gasteiger partial charge in [0, 0.05) is 22.8 Å². The zero-order chi connectivity index (χ0) is 17.8. The SMILES string of the molecule is CC(C)(F)CC(NC(=O)OC(C)(C)C)C(=O)N[SH](C)(=O)C=O. The molecule has 0 fully saturated rings. The predicted octanol–water partition coefficient (Wildman–Crippen LogP) is 0.886. The van der Waals surface area contributed by atoms with Gasteiger partial charge in [-0.05, 0) is 34.6 Å². The monoisotopic (exact) mass is 340 g/mol. The molecule has 22 heavy (non-hydrogen) atoms. The lowest BCUT2D eigenvalue weighted by atomic mass is 10.0. The Hall–Kier alpha value is -1.51. The van der Waals surface area contributed by atoms with Gasteiger partial charge in [0.1, 0.15) is 17.3 Å². The van der Waals surface area contributed by atoms with Crippen LogP contribution in [0.4, 0.5) is 9.18 Å². The van der Waals surface area contributed by atoms with Gasteiger partial charge >= 0.3 is 6.09 Å². The van der Waals surface area contributed by atoms with E-state index in [1.807, 2.05) is 4.72 Å². The van der Waals surface area contributed by atoms with Crippen molar-refractivity contribution in [3.8, 4) is 0 Å². The van der Waals surface area contributed by atoms with Crippen molar-refractivity contribution in [2.75, 3.05) is 6.26 Å².